The molecule has 0 aliphatic rings. The van der Waals surface area contributed by atoms with Crippen LogP contribution in [0.3, 0.4) is 0 Å². The number of carbonyl (C=O) groups excluding carboxylic acids is 2. The highest BCUT2D eigenvalue weighted by Gasteiger charge is 2.20. The lowest BCUT2D eigenvalue weighted by Gasteiger charge is -2.16. The smallest absolute Gasteiger partial charge is 0.254 e. The van der Waals surface area contributed by atoms with Gasteiger partial charge in [-0.3, -0.25) is 9.59 Å². The van der Waals surface area contributed by atoms with Gasteiger partial charge in [-0.25, -0.2) is 8.78 Å². The maximum atomic E-state index is 14.4. The number of benzene rings is 3. The molecule has 0 saturated heterocycles. The Balaban J connectivity index is 1.94. The van der Waals surface area contributed by atoms with Crippen molar-refractivity contribution >= 4 is 51.5 Å². The summed E-state index contributed by atoms with van der Waals surface area (Å²) in [5.74, 6) is -2.99. The van der Waals surface area contributed by atoms with Gasteiger partial charge in [0.15, 0.2) is 0 Å². The Morgan fingerprint density at radius 3 is 2.52 bits per heavy atom. The van der Waals surface area contributed by atoms with Gasteiger partial charge in [0, 0.05) is 21.4 Å². The van der Waals surface area contributed by atoms with E-state index in [2.05, 4.69) is 10.6 Å². The predicted octanol–water partition coefficient (Wildman–Crippen LogP) is 3.46. The fourth-order valence-corrected chi connectivity index (χ4v) is 3.29. The summed E-state index contributed by atoms with van der Waals surface area (Å²) in [6.07, 6.45) is 0. The van der Waals surface area contributed by atoms with Crippen molar-refractivity contribution < 1.29 is 28.2 Å². The van der Waals surface area contributed by atoms with E-state index in [9.17, 15) is 18.4 Å². The second-order valence-corrected chi connectivity index (χ2v) is 8.09. The molecule has 0 bridgehead atoms. The maximum Gasteiger partial charge on any atom is 0.254 e. The predicted molar refractivity (Wildman–Crippen MR) is 128 cm³/mol. The number of amides is 2. The summed E-state index contributed by atoms with van der Waals surface area (Å²) in [6, 6.07) is 11.2. The van der Waals surface area contributed by atoms with Crippen LogP contribution >= 0.6 is 22.6 Å². The van der Waals surface area contributed by atoms with Gasteiger partial charge in [-0.15, -0.1) is 0 Å². The van der Waals surface area contributed by atoms with Crippen LogP contribution in [0, 0.1) is 15.2 Å². The Morgan fingerprint density at radius 1 is 1.09 bits per heavy atom. The molecule has 0 spiro atoms. The minimum atomic E-state index is -1.12. The molecular weight excluding hydrogens is 549 g/mol. The molecule has 1 atom stereocenters. The van der Waals surface area contributed by atoms with Crippen molar-refractivity contribution in [3.05, 3.63) is 75.4 Å². The first-order chi connectivity index (χ1) is 15.7. The van der Waals surface area contributed by atoms with Gasteiger partial charge in [0.2, 0.25) is 5.91 Å². The van der Waals surface area contributed by atoms with E-state index in [4.69, 9.17) is 21.3 Å². The molecule has 3 aromatic rings. The van der Waals surface area contributed by atoms with Crippen LogP contribution in [-0.4, -0.2) is 29.6 Å². The third-order valence-corrected chi connectivity index (χ3v) is 5.05. The van der Waals surface area contributed by atoms with Crippen molar-refractivity contribution in [2.75, 3.05) is 17.2 Å². The van der Waals surface area contributed by atoms with Crippen LogP contribution in [0.2, 0.25) is 0 Å². The summed E-state index contributed by atoms with van der Waals surface area (Å²) in [5.41, 5.74) is 11.0. The number of carbonyl (C=O) groups is 2. The Labute approximate surface area is 201 Å². The van der Waals surface area contributed by atoms with E-state index >= 15 is 0 Å². The van der Waals surface area contributed by atoms with Crippen LogP contribution in [0.5, 0.6) is 11.5 Å². The Hall–Kier alpha value is -3.29. The summed E-state index contributed by atoms with van der Waals surface area (Å²) in [5, 5.41) is 14.2. The van der Waals surface area contributed by atoms with Crippen LogP contribution in [0.4, 0.5) is 25.8 Å². The number of aliphatic hydroxyl groups excluding tert-OH is 1. The second-order valence-electron chi connectivity index (χ2n) is 6.85. The maximum absolute atomic E-state index is 14.4. The van der Waals surface area contributed by atoms with Crippen molar-refractivity contribution in [2.45, 2.75) is 6.04 Å². The van der Waals surface area contributed by atoms with Gasteiger partial charge < -0.3 is 31.9 Å². The van der Waals surface area contributed by atoms with Crippen molar-refractivity contribution in [1.82, 2.24) is 0 Å². The highest BCUT2D eigenvalue weighted by Crippen LogP contribution is 2.34. The topological polar surface area (TPSA) is 140 Å². The van der Waals surface area contributed by atoms with Crippen LogP contribution < -0.4 is 26.8 Å². The molecule has 8 nitrogen and oxygen atoms in total. The van der Waals surface area contributed by atoms with Gasteiger partial charge in [-0.1, -0.05) is 6.07 Å². The Morgan fingerprint density at radius 2 is 1.85 bits per heavy atom. The summed E-state index contributed by atoms with van der Waals surface area (Å²) in [7, 11) is 0. The monoisotopic (exact) mass is 568 g/mol. The van der Waals surface area contributed by atoms with Gasteiger partial charge in [0.25, 0.3) is 5.91 Å². The second kappa shape index (κ2) is 10.6. The zero-order valence-electron chi connectivity index (χ0n) is 16.9. The van der Waals surface area contributed by atoms with E-state index in [1.807, 2.05) is 22.6 Å². The molecule has 0 unspecified atom stereocenters. The van der Waals surface area contributed by atoms with E-state index in [1.54, 1.807) is 18.2 Å². The number of aliphatic hydroxyl groups is 1. The molecule has 11 heteroatoms. The molecule has 0 aliphatic heterocycles. The van der Waals surface area contributed by atoms with Crippen LogP contribution in [-0.2, 0) is 4.79 Å². The first-order valence-electron chi connectivity index (χ1n) is 9.48. The molecule has 3 aromatic carbocycles. The molecular formula is C22H19F2IN4O4. The summed E-state index contributed by atoms with van der Waals surface area (Å²) in [6.45, 7) is -0.537. The number of primary amides is 1. The number of ether oxygens (including phenoxy) is 1. The molecule has 0 heterocycles. The number of nitrogens with two attached hydrogens (primary N) is 2. The van der Waals surface area contributed by atoms with Crippen LogP contribution in [0.1, 0.15) is 10.4 Å². The number of nitrogens with one attached hydrogen (secondary N) is 2. The highest BCUT2D eigenvalue weighted by molar-refractivity contribution is 14.1. The van der Waals surface area contributed by atoms with E-state index < -0.39 is 36.1 Å². The van der Waals surface area contributed by atoms with Crippen LogP contribution in [0.25, 0.3) is 0 Å². The van der Waals surface area contributed by atoms with E-state index in [0.717, 1.165) is 12.1 Å². The number of halogens is 3. The van der Waals surface area contributed by atoms with Crippen molar-refractivity contribution in [3.63, 3.8) is 0 Å². The van der Waals surface area contributed by atoms with Gasteiger partial charge in [-0.2, -0.15) is 0 Å². The average molecular weight is 568 g/mol. The molecule has 3 rings (SSSR count). The first-order valence-corrected chi connectivity index (χ1v) is 10.6. The summed E-state index contributed by atoms with van der Waals surface area (Å²) >= 11 is 1.94. The first kappa shape index (κ1) is 24.4. The van der Waals surface area contributed by atoms with E-state index in [1.165, 1.54) is 24.3 Å². The average Bonchev–Trinajstić information content (AvgIpc) is 2.74. The largest absolute Gasteiger partial charge is 0.456 e. The molecule has 172 valence electrons. The molecule has 33 heavy (non-hydrogen) atoms. The lowest BCUT2D eigenvalue weighted by atomic mass is 10.1. The normalized spacial score (nSPS) is 11.5. The SMILES string of the molecule is NC(=O)c1c(Nc2ccc(I)cc2F)cc(F)cc1Oc1cccc(NC(=O)[C@@H](N)CO)c1. The van der Waals surface area contributed by atoms with Gasteiger partial charge in [-0.05, 0) is 59.0 Å². The van der Waals surface area contributed by atoms with Crippen LogP contribution in [0.15, 0.2) is 54.6 Å². The zero-order valence-corrected chi connectivity index (χ0v) is 19.1. The Kier molecular flexibility index (Phi) is 7.79. The molecule has 0 aromatic heterocycles. The zero-order chi connectivity index (χ0) is 24.1. The molecule has 0 saturated carbocycles. The third-order valence-electron chi connectivity index (χ3n) is 4.38. The quantitative estimate of drug-likeness (QED) is 0.264. The molecule has 2 amide bonds. The number of anilines is 3. The molecule has 0 radical (unpaired) electrons. The third kappa shape index (κ3) is 6.15. The fraction of sp³-hybridized carbons (Fsp3) is 0.0909. The number of hydrogen-bond acceptors (Lipinski definition) is 6. The van der Waals surface area contributed by atoms with Gasteiger partial charge >= 0.3 is 0 Å². The van der Waals surface area contributed by atoms with Gasteiger partial charge in [0.05, 0.1) is 18.0 Å². The standard InChI is InChI=1S/C22H19F2IN4O4/c23-11-6-18(29-17-5-4-12(25)8-15(17)24)20(21(27)31)19(7-11)33-14-3-1-2-13(9-14)28-22(32)16(26)10-30/h1-9,16,29-30H,10,26H2,(H2,27,31)(H,28,32)/t16-/m0/s1. The van der Waals surface area contributed by atoms with Crippen molar-refractivity contribution in [3.8, 4) is 11.5 Å². The lowest BCUT2D eigenvalue weighted by Crippen LogP contribution is -2.38. The molecule has 7 N–H and O–H groups in total. The molecule has 0 aliphatic carbocycles. The summed E-state index contributed by atoms with van der Waals surface area (Å²) in [4.78, 5) is 24.1. The summed E-state index contributed by atoms with van der Waals surface area (Å²) < 4.78 is 35.0. The van der Waals surface area contributed by atoms with Gasteiger partial charge in [0.1, 0.15) is 34.7 Å². The minimum Gasteiger partial charge on any atom is -0.456 e. The van der Waals surface area contributed by atoms with E-state index in [0.29, 0.717) is 3.57 Å². The fourth-order valence-electron chi connectivity index (χ4n) is 2.83. The Bertz CT molecular complexity index is 1210. The van der Waals surface area contributed by atoms with Crippen molar-refractivity contribution in [2.24, 2.45) is 11.5 Å². The lowest BCUT2D eigenvalue weighted by molar-refractivity contribution is -0.118. The van der Waals surface area contributed by atoms with E-state index in [-0.39, 0.29) is 34.1 Å². The molecule has 0 fully saturated rings. The van der Waals surface area contributed by atoms with Crippen molar-refractivity contribution in [1.29, 1.82) is 0 Å². The highest BCUT2D eigenvalue weighted by atomic mass is 127. The minimum absolute atomic E-state index is 0.0133. The number of rotatable bonds is 8. The number of hydrogen-bond donors (Lipinski definition) is 5.